The van der Waals surface area contributed by atoms with E-state index in [2.05, 4.69) is 10.1 Å². The van der Waals surface area contributed by atoms with Crippen LogP contribution in [0.3, 0.4) is 0 Å². The van der Waals surface area contributed by atoms with Crippen molar-refractivity contribution < 1.29 is 13.3 Å². The average Bonchev–Trinajstić information content (AvgIpc) is 3.01. The first kappa shape index (κ1) is 13.2. The number of likely N-dealkylation sites (tertiary alicyclic amines) is 1. The summed E-state index contributed by atoms with van der Waals surface area (Å²) in [7, 11) is 0. The van der Waals surface area contributed by atoms with E-state index >= 15 is 0 Å². The van der Waals surface area contributed by atoms with Gasteiger partial charge in [0.15, 0.2) is 5.76 Å². The number of halogens is 2. The predicted octanol–water partition coefficient (Wildman–Crippen LogP) is 3.60. The molecule has 0 radical (unpaired) electrons. The standard InChI is InChI=1S/C15H16F2N2O/c1-10-7-15(20-18-10)14-3-2-6-19(14)9-11-4-5-12(16)8-13(11)17/h4-5,7-8,14H,2-3,6,9H2,1H3/t14-/m0/s1. The molecule has 1 aliphatic heterocycles. The minimum Gasteiger partial charge on any atom is -0.359 e. The molecule has 0 amide bonds. The van der Waals surface area contributed by atoms with Gasteiger partial charge in [-0.05, 0) is 32.4 Å². The molecule has 3 nitrogen and oxygen atoms in total. The molecule has 3 rings (SSSR count). The minimum absolute atomic E-state index is 0.126. The highest BCUT2D eigenvalue weighted by atomic mass is 19.1. The van der Waals surface area contributed by atoms with E-state index in [0.717, 1.165) is 36.9 Å². The smallest absolute Gasteiger partial charge is 0.154 e. The average molecular weight is 278 g/mol. The number of hydrogen-bond acceptors (Lipinski definition) is 3. The van der Waals surface area contributed by atoms with Crippen LogP contribution in [-0.4, -0.2) is 16.6 Å². The highest BCUT2D eigenvalue weighted by Crippen LogP contribution is 2.33. The van der Waals surface area contributed by atoms with Crippen molar-refractivity contribution in [2.75, 3.05) is 6.54 Å². The van der Waals surface area contributed by atoms with E-state index in [0.29, 0.717) is 12.1 Å². The van der Waals surface area contributed by atoms with Crippen molar-refractivity contribution in [1.82, 2.24) is 10.1 Å². The second kappa shape index (κ2) is 5.32. The molecule has 2 heterocycles. The highest BCUT2D eigenvalue weighted by molar-refractivity contribution is 5.19. The van der Waals surface area contributed by atoms with Gasteiger partial charge in [-0.3, -0.25) is 4.90 Å². The molecule has 5 heteroatoms. The molecule has 0 unspecified atom stereocenters. The molecule has 1 atom stereocenters. The van der Waals surface area contributed by atoms with E-state index in [1.165, 1.54) is 12.1 Å². The van der Waals surface area contributed by atoms with Crippen LogP contribution in [0.1, 0.15) is 35.9 Å². The van der Waals surface area contributed by atoms with Crippen LogP contribution in [0.25, 0.3) is 0 Å². The molecule has 1 aliphatic rings. The molecule has 2 aromatic rings. The van der Waals surface area contributed by atoms with Crippen LogP contribution in [0.4, 0.5) is 8.78 Å². The van der Waals surface area contributed by atoms with Crippen molar-refractivity contribution in [3.63, 3.8) is 0 Å². The minimum atomic E-state index is -0.546. The van der Waals surface area contributed by atoms with E-state index in [1.54, 1.807) is 0 Å². The molecule has 0 bridgehead atoms. The van der Waals surface area contributed by atoms with Gasteiger partial charge >= 0.3 is 0 Å². The van der Waals surface area contributed by atoms with Gasteiger partial charge in [-0.25, -0.2) is 8.78 Å². The number of aryl methyl sites for hydroxylation is 1. The number of benzene rings is 1. The largest absolute Gasteiger partial charge is 0.359 e. The summed E-state index contributed by atoms with van der Waals surface area (Å²) in [5.41, 5.74) is 1.36. The fourth-order valence-corrected chi connectivity index (χ4v) is 2.75. The lowest BCUT2D eigenvalue weighted by molar-refractivity contribution is 0.204. The van der Waals surface area contributed by atoms with Crippen molar-refractivity contribution in [3.8, 4) is 0 Å². The molecular formula is C15H16F2N2O. The molecule has 106 valence electrons. The summed E-state index contributed by atoms with van der Waals surface area (Å²) < 4.78 is 32.0. The van der Waals surface area contributed by atoms with E-state index in [4.69, 9.17) is 4.52 Å². The zero-order chi connectivity index (χ0) is 14.1. The molecule has 1 saturated heterocycles. The normalized spacial score (nSPS) is 19.6. The van der Waals surface area contributed by atoms with Crippen LogP contribution in [0.15, 0.2) is 28.8 Å². The fourth-order valence-electron chi connectivity index (χ4n) is 2.75. The van der Waals surface area contributed by atoms with Crippen LogP contribution in [0, 0.1) is 18.6 Å². The number of rotatable bonds is 3. The maximum absolute atomic E-state index is 13.7. The SMILES string of the molecule is Cc1cc([C@@H]2CCCN2Cc2ccc(F)cc2F)on1. The first-order valence-corrected chi connectivity index (χ1v) is 6.74. The Morgan fingerprint density at radius 3 is 2.90 bits per heavy atom. The van der Waals surface area contributed by atoms with Crippen molar-refractivity contribution in [3.05, 3.63) is 52.9 Å². The van der Waals surface area contributed by atoms with Crippen molar-refractivity contribution in [1.29, 1.82) is 0 Å². The van der Waals surface area contributed by atoms with Crippen molar-refractivity contribution in [2.24, 2.45) is 0 Å². The topological polar surface area (TPSA) is 29.3 Å². The molecule has 0 spiro atoms. The quantitative estimate of drug-likeness (QED) is 0.859. The lowest BCUT2D eigenvalue weighted by atomic mass is 10.1. The predicted molar refractivity (Wildman–Crippen MR) is 70.0 cm³/mol. The van der Waals surface area contributed by atoms with Gasteiger partial charge < -0.3 is 4.52 Å². The Balaban J connectivity index is 1.79. The Kier molecular flexibility index (Phi) is 3.53. The molecule has 1 fully saturated rings. The monoisotopic (exact) mass is 278 g/mol. The van der Waals surface area contributed by atoms with Gasteiger partial charge in [-0.2, -0.15) is 0 Å². The third-order valence-electron chi connectivity index (χ3n) is 3.73. The third kappa shape index (κ3) is 2.58. The molecule has 0 aliphatic carbocycles. The molecule has 20 heavy (non-hydrogen) atoms. The van der Waals surface area contributed by atoms with Gasteiger partial charge in [0.25, 0.3) is 0 Å². The second-order valence-electron chi connectivity index (χ2n) is 5.23. The Morgan fingerprint density at radius 2 is 2.20 bits per heavy atom. The van der Waals surface area contributed by atoms with Crippen LogP contribution in [0.5, 0.6) is 0 Å². The summed E-state index contributed by atoms with van der Waals surface area (Å²) in [6, 6.07) is 5.78. The Bertz CT molecular complexity index is 612. The Morgan fingerprint density at radius 1 is 1.35 bits per heavy atom. The summed E-state index contributed by atoms with van der Waals surface area (Å²) in [4.78, 5) is 2.15. The molecule has 0 N–H and O–H groups in total. The Hall–Kier alpha value is -1.75. The number of hydrogen-bond donors (Lipinski definition) is 0. The summed E-state index contributed by atoms with van der Waals surface area (Å²) in [6.45, 7) is 3.21. The van der Waals surface area contributed by atoms with Crippen LogP contribution < -0.4 is 0 Å². The van der Waals surface area contributed by atoms with Crippen molar-refractivity contribution in [2.45, 2.75) is 32.4 Å². The lowest BCUT2D eigenvalue weighted by Gasteiger charge is -2.22. The van der Waals surface area contributed by atoms with E-state index in [9.17, 15) is 8.78 Å². The van der Waals surface area contributed by atoms with Gasteiger partial charge in [0.2, 0.25) is 0 Å². The van der Waals surface area contributed by atoms with Crippen LogP contribution in [0.2, 0.25) is 0 Å². The second-order valence-corrected chi connectivity index (χ2v) is 5.23. The summed E-state index contributed by atoms with van der Waals surface area (Å²) >= 11 is 0. The van der Waals surface area contributed by atoms with Crippen LogP contribution >= 0.6 is 0 Å². The maximum Gasteiger partial charge on any atom is 0.154 e. The van der Waals surface area contributed by atoms with Crippen molar-refractivity contribution >= 4 is 0 Å². The fraction of sp³-hybridized carbons (Fsp3) is 0.400. The highest BCUT2D eigenvalue weighted by Gasteiger charge is 2.29. The van der Waals surface area contributed by atoms with Gasteiger partial charge in [-0.15, -0.1) is 0 Å². The molecular weight excluding hydrogens is 262 g/mol. The lowest BCUT2D eigenvalue weighted by Crippen LogP contribution is -2.23. The zero-order valence-electron chi connectivity index (χ0n) is 11.3. The number of nitrogens with zero attached hydrogens (tertiary/aromatic N) is 2. The molecule has 1 aromatic heterocycles. The maximum atomic E-state index is 13.7. The Labute approximate surface area is 116 Å². The van der Waals surface area contributed by atoms with E-state index in [1.807, 2.05) is 13.0 Å². The summed E-state index contributed by atoms with van der Waals surface area (Å²) in [5.74, 6) is -0.220. The van der Waals surface area contributed by atoms with E-state index < -0.39 is 11.6 Å². The summed E-state index contributed by atoms with van der Waals surface area (Å²) in [5, 5.41) is 3.91. The zero-order valence-corrected chi connectivity index (χ0v) is 11.3. The van der Waals surface area contributed by atoms with Gasteiger partial charge in [0.1, 0.15) is 11.6 Å². The summed E-state index contributed by atoms with van der Waals surface area (Å²) in [6.07, 6.45) is 2.00. The van der Waals surface area contributed by atoms with Gasteiger partial charge in [0, 0.05) is 24.2 Å². The third-order valence-corrected chi connectivity index (χ3v) is 3.73. The van der Waals surface area contributed by atoms with E-state index in [-0.39, 0.29) is 6.04 Å². The molecule has 1 aromatic carbocycles. The van der Waals surface area contributed by atoms with Gasteiger partial charge in [0.05, 0.1) is 11.7 Å². The van der Waals surface area contributed by atoms with Gasteiger partial charge in [-0.1, -0.05) is 11.2 Å². The van der Waals surface area contributed by atoms with Crippen LogP contribution in [-0.2, 0) is 6.54 Å². The first-order chi connectivity index (χ1) is 9.63. The first-order valence-electron chi connectivity index (χ1n) is 6.74. The molecule has 0 saturated carbocycles. The number of aromatic nitrogens is 1.